The Morgan fingerprint density at radius 2 is 2.00 bits per heavy atom. The Labute approximate surface area is 176 Å². The molecule has 1 aliphatic heterocycles. The fourth-order valence-corrected chi connectivity index (χ4v) is 4.19. The lowest BCUT2D eigenvalue weighted by molar-refractivity contribution is -0.146. The summed E-state index contributed by atoms with van der Waals surface area (Å²) in [6.45, 7) is 10.9. The van der Waals surface area contributed by atoms with E-state index < -0.39 is 5.97 Å². The third-order valence-electron chi connectivity index (χ3n) is 5.11. The van der Waals surface area contributed by atoms with Gasteiger partial charge in [-0.2, -0.15) is 0 Å². The van der Waals surface area contributed by atoms with Crippen LogP contribution in [0.4, 0.5) is 0 Å². The summed E-state index contributed by atoms with van der Waals surface area (Å²) < 4.78 is 4.85. The predicted molar refractivity (Wildman–Crippen MR) is 115 cm³/mol. The Kier molecular flexibility index (Phi) is 9.81. The van der Waals surface area contributed by atoms with Gasteiger partial charge >= 0.3 is 5.97 Å². The molecule has 2 N–H and O–H groups in total. The van der Waals surface area contributed by atoms with E-state index in [1.807, 2.05) is 20.9 Å². The van der Waals surface area contributed by atoms with E-state index in [2.05, 4.69) is 50.3 Å². The number of amidine groups is 1. The predicted octanol–water partition coefficient (Wildman–Crippen LogP) is 2.26. The summed E-state index contributed by atoms with van der Waals surface area (Å²) in [5.41, 5.74) is 1.42. The minimum absolute atomic E-state index is 0.131. The van der Waals surface area contributed by atoms with Crippen LogP contribution in [0.3, 0.4) is 0 Å². The number of halogens is 1. The number of carbonyl (C=O) groups excluding carboxylic acids is 2. The number of aliphatic imine (C=N–C) groups is 1. The number of hydrogen-bond donors (Lipinski definition) is 2. The van der Waals surface area contributed by atoms with E-state index in [1.54, 1.807) is 0 Å². The molecule has 1 saturated heterocycles. The van der Waals surface area contributed by atoms with Crippen molar-refractivity contribution in [2.45, 2.75) is 40.0 Å². The molecule has 0 aromatic carbocycles. The smallest absolute Gasteiger partial charge is 0.327 e. The van der Waals surface area contributed by atoms with E-state index in [4.69, 9.17) is 4.74 Å². The lowest BCUT2D eigenvalue weighted by atomic mass is 9.72. The first-order chi connectivity index (χ1) is 13.4. The molecular formula is C19H32BrN5O3. The van der Waals surface area contributed by atoms with Gasteiger partial charge in [-0.3, -0.25) is 9.59 Å². The van der Waals surface area contributed by atoms with Crippen LogP contribution in [-0.4, -0.2) is 62.1 Å². The topological polar surface area (TPSA) is 95.4 Å². The highest BCUT2D eigenvalue weighted by atomic mass is 79.9. The Morgan fingerprint density at radius 3 is 2.50 bits per heavy atom. The molecule has 2 aliphatic rings. The first kappa shape index (κ1) is 24.3. The van der Waals surface area contributed by atoms with Crippen molar-refractivity contribution in [2.24, 2.45) is 21.4 Å². The number of rotatable bonds is 5. The molecular weight excluding hydrogens is 426 g/mol. The van der Waals surface area contributed by atoms with Crippen molar-refractivity contribution in [1.29, 1.82) is 0 Å². The summed E-state index contributed by atoms with van der Waals surface area (Å²) in [7, 11) is 3.11. The first-order valence-electron chi connectivity index (χ1n) is 9.61. The summed E-state index contributed by atoms with van der Waals surface area (Å²) >= 11 is 3.13. The van der Waals surface area contributed by atoms with Gasteiger partial charge in [-0.05, 0) is 60.9 Å². The third-order valence-corrected chi connectivity index (χ3v) is 5.52. The van der Waals surface area contributed by atoms with Crippen molar-refractivity contribution >= 4 is 39.3 Å². The van der Waals surface area contributed by atoms with Crippen molar-refractivity contribution in [1.82, 2.24) is 15.6 Å². The monoisotopic (exact) mass is 457 g/mol. The maximum Gasteiger partial charge on any atom is 0.327 e. The van der Waals surface area contributed by atoms with Gasteiger partial charge in [0.05, 0.1) is 7.11 Å². The number of nitrogens with one attached hydrogen (secondary N) is 2. The number of ether oxygens (including phenoxy) is 1. The largest absolute Gasteiger partial charge is 0.468 e. The van der Waals surface area contributed by atoms with Crippen LogP contribution < -0.4 is 10.6 Å². The number of nitrogens with zero attached hydrogens (tertiary/aromatic N) is 3. The Morgan fingerprint density at radius 1 is 1.39 bits per heavy atom. The highest BCUT2D eigenvalue weighted by Crippen LogP contribution is 2.51. The summed E-state index contributed by atoms with van der Waals surface area (Å²) in [6.07, 6.45) is 2.66. The van der Waals surface area contributed by atoms with Gasteiger partial charge in [0, 0.05) is 23.7 Å². The molecule has 2 rings (SSSR count). The van der Waals surface area contributed by atoms with Crippen LogP contribution in [0.25, 0.3) is 0 Å². The molecule has 0 aromatic rings. The molecule has 1 fully saturated rings. The highest BCUT2D eigenvalue weighted by molar-refractivity contribution is 9.18. The first-order valence-corrected chi connectivity index (χ1v) is 10.4. The SMILES string of the molecule is C=N/C(Br)=N\N(CC(=O)OC)C(=O)C1=C(NC)C(C)CC12CCNCC2.CC. The molecule has 1 spiro atoms. The van der Waals surface area contributed by atoms with Crippen molar-refractivity contribution in [3.63, 3.8) is 0 Å². The number of hydrazone groups is 1. The van der Waals surface area contributed by atoms with Crippen LogP contribution in [0.15, 0.2) is 21.4 Å². The van der Waals surface area contributed by atoms with E-state index in [0.29, 0.717) is 5.57 Å². The molecule has 0 aromatic heterocycles. The molecule has 0 saturated carbocycles. The lowest BCUT2D eigenvalue weighted by Gasteiger charge is -2.37. The van der Waals surface area contributed by atoms with Crippen molar-refractivity contribution < 1.29 is 14.3 Å². The second-order valence-electron chi connectivity index (χ2n) is 6.64. The molecule has 0 radical (unpaired) electrons. The standard InChI is InChI=1S/C17H26BrN5O3.C2H6/c1-11-9-17(5-7-21-8-6-17)13(14(11)19-2)15(25)23(10-12(24)26-4)22-16(18)20-3;1-2/h11,19,21H,3,5-10H2,1-2,4H3;1-2H3/b22-16-;. The molecule has 28 heavy (non-hydrogen) atoms. The van der Waals surface area contributed by atoms with Gasteiger partial charge in [-0.15, -0.1) is 5.10 Å². The van der Waals surface area contributed by atoms with Gasteiger partial charge in [0.15, 0.2) is 0 Å². The van der Waals surface area contributed by atoms with Crippen LogP contribution in [0.2, 0.25) is 0 Å². The number of allylic oxidation sites excluding steroid dienone is 1. The second-order valence-corrected chi connectivity index (χ2v) is 7.35. The minimum Gasteiger partial charge on any atom is -0.468 e. The van der Waals surface area contributed by atoms with Gasteiger partial charge < -0.3 is 15.4 Å². The molecule has 0 bridgehead atoms. The zero-order chi connectivity index (χ0) is 21.3. The average molecular weight is 458 g/mol. The average Bonchev–Trinajstić information content (AvgIpc) is 2.98. The lowest BCUT2D eigenvalue weighted by Crippen LogP contribution is -2.43. The van der Waals surface area contributed by atoms with E-state index >= 15 is 0 Å². The van der Waals surface area contributed by atoms with Gasteiger partial charge in [0.25, 0.3) is 5.91 Å². The summed E-state index contributed by atoms with van der Waals surface area (Å²) in [4.78, 5) is 28.9. The van der Waals surface area contributed by atoms with Crippen molar-refractivity contribution in [3.8, 4) is 0 Å². The number of amides is 1. The fraction of sp³-hybridized carbons (Fsp3) is 0.684. The summed E-state index contributed by atoms with van der Waals surface area (Å²) in [6, 6.07) is 0. The van der Waals surface area contributed by atoms with E-state index in [-0.39, 0.29) is 28.5 Å². The normalized spacial score (nSPS) is 20.9. The Hall–Kier alpha value is -1.74. The van der Waals surface area contributed by atoms with Crippen molar-refractivity contribution in [3.05, 3.63) is 11.3 Å². The van der Waals surface area contributed by atoms with Gasteiger partial charge in [-0.25, -0.2) is 10.0 Å². The molecule has 1 aliphatic carbocycles. The maximum absolute atomic E-state index is 13.4. The molecule has 1 amide bonds. The van der Waals surface area contributed by atoms with Crippen LogP contribution in [0.1, 0.15) is 40.0 Å². The minimum atomic E-state index is -0.552. The van der Waals surface area contributed by atoms with E-state index in [1.165, 1.54) is 7.11 Å². The van der Waals surface area contributed by atoms with Crippen molar-refractivity contribution in [2.75, 3.05) is 33.8 Å². The van der Waals surface area contributed by atoms with Crippen LogP contribution in [0, 0.1) is 11.3 Å². The Balaban J connectivity index is 0.00000190. The van der Waals surface area contributed by atoms with E-state index in [0.717, 1.165) is 43.1 Å². The molecule has 8 nitrogen and oxygen atoms in total. The number of hydrogen-bond acceptors (Lipinski definition) is 6. The van der Waals surface area contributed by atoms with Crippen LogP contribution in [-0.2, 0) is 14.3 Å². The summed E-state index contributed by atoms with van der Waals surface area (Å²) in [5.74, 6) is -0.614. The molecule has 158 valence electrons. The maximum atomic E-state index is 13.4. The van der Waals surface area contributed by atoms with Crippen LogP contribution >= 0.6 is 15.9 Å². The highest BCUT2D eigenvalue weighted by Gasteiger charge is 2.48. The van der Waals surface area contributed by atoms with E-state index in [9.17, 15) is 9.59 Å². The quantitative estimate of drug-likeness (QED) is 0.217. The number of carbonyl (C=O) groups is 2. The molecule has 1 unspecified atom stereocenters. The zero-order valence-electron chi connectivity index (χ0n) is 17.5. The molecule has 1 heterocycles. The van der Waals surface area contributed by atoms with Gasteiger partial charge in [-0.1, -0.05) is 20.8 Å². The van der Waals surface area contributed by atoms with Crippen LogP contribution in [0.5, 0.6) is 0 Å². The zero-order valence-corrected chi connectivity index (χ0v) is 19.1. The number of piperidine rings is 1. The third kappa shape index (κ3) is 5.41. The summed E-state index contributed by atoms with van der Waals surface area (Å²) in [5, 5.41) is 11.8. The molecule has 1 atom stereocenters. The molecule has 9 heteroatoms. The van der Waals surface area contributed by atoms with Gasteiger partial charge in [0.1, 0.15) is 6.54 Å². The number of esters is 1. The second kappa shape index (κ2) is 11.3. The fourth-order valence-electron chi connectivity index (χ4n) is 3.99. The number of methoxy groups -OCH3 is 1. The van der Waals surface area contributed by atoms with Gasteiger partial charge in [0.2, 0.25) is 4.74 Å². The Bertz CT molecular complexity index is 641.